The van der Waals surface area contributed by atoms with Crippen molar-refractivity contribution in [3.05, 3.63) is 28.5 Å². The molecule has 0 atom stereocenters. The summed E-state index contributed by atoms with van der Waals surface area (Å²) in [6, 6.07) is 1.88. The first-order chi connectivity index (χ1) is 5.84. The molecular weight excluding hydrogens is 222 g/mol. The number of aromatic nitrogens is 1. The van der Waals surface area contributed by atoms with Crippen molar-refractivity contribution in [3.63, 3.8) is 0 Å². The Morgan fingerprint density at radius 3 is 3.08 bits per heavy atom. The predicted molar refractivity (Wildman–Crippen MR) is 48.6 cm³/mol. The van der Waals surface area contributed by atoms with Crippen LogP contribution in [0.5, 0.6) is 0 Å². The third-order valence-electron chi connectivity index (χ3n) is 1.30. The second kappa shape index (κ2) is 5.24. The second-order valence-corrected chi connectivity index (χ2v) is 3.08. The Morgan fingerprint density at radius 2 is 2.42 bits per heavy atom. The van der Waals surface area contributed by atoms with Gasteiger partial charge in [-0.3, -0.25) is 4.98 Å². The van der Waals surface area contributed by atoms with E-state index in [0.717, 1.165) is 10.0 Å². The van der Waals surface area contributed by atoms with E-state index < -0.39 is 0 Å². The normalized spacial score (nSPS) is 10.2. The highest BCUT2D eigenvalue weighted by molar-refractivity contribution is 9.10. The lowest BCUT2D eigenvalue weighted by molar-refractivity contribution is -0.0393. The first-order valence-corrected chi connectivity index (χ1v) is 4.29. The summed E-state index contributed by atoms with van der Waals surface area (Å²) in [5.41, 5.74) is 1.02. The summed E-state index contributed by atoms with van der Waals surface area (Å²) in [7, 11) is 1.60. The Morgan fingerprint density at radius 1 is 1.58 bits per heavy atom. The summed E-state index contributed by atoms with van der Waals surface area (Å²) in [5.74, 6) is 0. The Kier molecular flexibility index (Phi) is 4.21. The molecule has 0 N–H and O–H groups in total. The molecule has 0 saturated carbocycles. The highest BCUT2D eigenvalue weighted by atomic mass is 79.9. The SMILES string of the molecule is COCOCc1cnccc1Br. The van der Waals surface area contributed by atoms with Gasteiger partial charge in [-0.15, -0.1) is 0 Å². The monoisotopic (exact) mass is 231 g/mol. The van der Waals surface area contributed by atoms with Crippen molar-refractivity contribution in [2.45, 2.75) is 6.61 Å². The smallest absolute Gasteiger partial charge is 0.146 e. The van der Waals surface area contributed by atoms with E-state index in [0.29, 0.717) is 13.4 Å². The first-order valence-electron chi connectivity index (χ1n) is 3.49. The Labute approximate surface area is 79.8 Å². The first kappa shape index (κ1) is 9.64. The maximum atomic E-state index is 5.16. The summed E-state index contributed by atoms with van der Waals surface area (Å²) in [6.45, 7) is 0.823. The molecular formula is C8H10BrNO2. The molecule has 3 nitrogen and oxygen atoms in total. The topological polar surface area (TPSA) is 31.4 Å². The van der Waals surface area contributed by atoms with E-state index >= 15 is 0 Å². The van der Waals surface area contributed by atoms with Crippen molar-refractivity contribution >= 4 is 15.9 Å². The summed E-state index contributed by atoms with van der Waals surface area (Å²) in [5, 5.41) is 0. The van der Waals surface area contributed by atoms with Crippen molar-refractivity contribution in [2.75, 3.05) is 13.9 Å². The van der Waals surface area contributed by atoms with Crippen LogP contribution in [-0.4, -0.2) is 18.9 Å². The highest BCUT2D eigenvalue weighted by Crippen LogP contribution is 2.14. The molecule has 0 spiro atoms. The molecule has 0 unspecified atom stereocenters. The zero-order valence-corrected chi connectivity index (χ0v) is 8.37. The lowest BCUT2D eigenvalue weighted by Crippen LogP contribution is -1.97. The van der Waals surface area contributed by atoms with E-state index in [9.17, 15) is 0 Å². The Bertz CT molecular complexity index is 242. The number of hydrogen-bond acceptors (Lipinski definition) is 3. The molecule has 0 saturated heterocycles. The standard InChI is InChI=1S/C8H10BrNO2/c1-11-6-12-5-7-4-10-3-2-8(7)9/h2-4H,5-6H2,1H3. The van der Waals surface area contributed by atoms with Gasteiger partial charge in [0.05, 0.1) is 6.61 Å². The molecule has 0 aromatic carbocycles. The molecule has 0 aliphatic carbocycles. The minimum atomic E-state index is 0.307. The lowest BCUT2D eigenvalue weighted by Gasteiger charge is -2.03. The molecule has 0 aliphatic rings. The van der Waals surface area contributed by atoms with Gasteiger partial charge < -0.3 is 9.47 Å². The predicted octanol–water partition coefficient (Wildman–Crippen LogP) is 1.96. The second-order valence-electron chi connectivity index (χ2n) is 2.22. The van der Waals surface area contributed by atoms with Crippen molar-refractivity contribution in [1.82, 2.24) is 4.98 Å². The van der Waals surface area contributed by atoms with E-state index in [-0.39, 0.29) is 0 Å². The van der Waals surface area contributed by atoms with E-state index in [2.05, 4.69) is 20.9 Å². The van der Waals surface area contributed by atoms with Crippen LogP contribution >= 0.6 is 15.9 Å². The molecule has 1 aromatic rings. The molecule has 0 bridgehead atoms. The average molecular weight is 232 g/mol. The van der Waals surface area contributed by atoms with Crippen LogP contribution in [0.1, 0.15) is 5.56 Å². The number of halogens is 1. The molecule has 1 heterocycles. The summed E-state index contributed by atoms with van der Waals surface area (Å²) < 4.78 is 10.9. The summed E-state index contributed by atoms with van der Waals surface area (Å²) in [4.78, 5) is 3.97. The molecule has 0 aliphatic heterocycles. The van der Waals surface area contributed by atoms with Crippen LogP contribution < -0.4 is 0 Å². The van der Waals surface area contributed by atoms with E-state index in [4.69, 9.17) is 9.47 Å². The number of pyridine rings is 1. The maximum absolute atomic E-state index is 5.16. The zero-order chi connectivity index (χ0) is 8.81. The maximum Gasteiger partial charge on any atom is 0.146 e. The van der Waals surface area contributed by atoms with E-state index in [1.807, 2.05) is 6.07 Å². The van der Waals surface area contributed by atoms with Crippen molar-refractivity contribution in [3.8, 4) is 0 Å². The molecule has 4 heteroatoms. The summed E-state index contributed by atoms with van der Waals surface area (Å²) >= 11 is 3.39. The number of hydrogen-bond donors (Lipinski definition) is 0. The van der Waals surface area contributed by atoms with Crippen LogP contribution in [0, 0.1) is 0 Å². The fourth-order valence-corrected chi connectivity index (χ4v) is 1.09. The number of methoxy groups -OCH3 is 1. The van der Waals surface area contributed by atoms with Crippen LogP contribution in [0.15, 0.2) is 22.9 Å². The highest BCUT2D eigenvalue weighted by Gasteiger charge is 1.97. The van der Waals surface area contributed by atoms with Gasteiger partial charge in [0.15, 0.2) is 0 Å². The largest absolute Gasteiger partial charge is 0.359 e. The third-order valence-corrected chi connectivity index (χ3v) is 2.08. The third kappa shape index (κ3) is 2.89. The Hall–Kier alpha value is -0.450. The van der Waals surface area contributed by atoms with Crippen molar-refractivity contribution in [1.29, 1.82) is 0 Å². The van der Waals surface area contributed by atoms with Crippen LogP contribution in [-0.2, 0) is 16.1 Å². The van der Waals surface area contributed by atoms with Crippen LogP contribution in [0.4, 0.5) is 0 Å². The van der Waals surface area contributed by atoms with Crippen LogP contribution in [0.25, 0.3) is 0 Å². The molecule has 12 heavy (non-hydrogen) atoms. The van der Waals surface area contributed by atoms with E-state index in [1.165, 1.54) is 0 Å². The fraction of sp³-hybridized carbons (Fsp3) is 0.375. The molecule has 66 valence electrons. The van der Waals surface area contributed by atoms with Gasteiger partial charge in [-0.1, -0.05) is 15.9 Å². The molecule has 0 radical (unpaired) electrons. The number of rotatable bonds is 4. The molecule has 1 rings (SSSR count). The average Bonchev–Trinajstić information content (AvgIpc) is 2.09. The molecule has 1 aromatic heterocycles. The molecule has 0 amide bonds. The lowest BCUT2D eigenvalue weighted by atomic mass is 10.3. The van der Waals surface area contributed by atoms with Crippen molar-refractivity contribution in [2.24, 2.45) is 0 Å². The van der Waals surface area contributed by atoms with Crippen LogP contribution in [0.3, 0.4) is 0 Å². The minimum absolute atomic E-state index is 0.307. The van der Waals surface area contributed by atoms with Gasteiger partial charge >= 0.3 is 0 Å². The van der Waals surface area contributed by atoms with Gasteiger partial charge in [-0.25, -0.2) is 0 Å². The zero-order valence-electron chi connectivity index (χ0n) is 6.79. The number of nitrogens with zero attached hydrogens (tertiary/aromatic N) is 1. The van der Waals surface area contributed by atoms with E-state index in [1.54, 1.807) is 19.5 Å². The van der Waals surface area contributed by atoms with Gasteiger partial charge in [0, 0.05) is 29.5 Å². The van der Waals surface area contributed by atoms with Gasteiger partial charge in [0.25, 0.3) is 0 Å². The van der Waals surface area contributed by atoms with Gasteiger partial charge in [0.2, 0.25) is 0 Å². The summed E-state index contributed by atoms with van der Waals surface area (Å²) in [6.07, 6.45) is 3.49. The quantitative estimate of drug-likeness (QED) is 0.587. The van der Waals surface area contributed by atoms with Gasteiger partial charge in [-0.2, -0.15) is 0 Å². The fourth-order valence-electron chi connectivity index (χ4n) is 0.751. The van der Waals surface area contributed by atoms with Crippen LogP contribution in [0.2, 0.25) is 0 Å². The number of ether oxygens (including phenoxy) is 2. The van der Waals surface area contributed by atoms with Gasteiger partial charge in [0.1, 0.15) is 6.79 Å². The van der Waals surface area contributed by atoms with Crippen molar-refractivity contribution < 1.29 is 9.47 Å². The van der Waals surface area contributed by atoms with Gasteiger partial charge in [-0.05, 0) is 6.07 Å². The molecule has 0 fully saturated rings. The Balaban J connectivity index is 2.46. The minimum Gasteiger partial charge on any atom is -0.359 e.